The second kappa shape index (κ2) is 5.29. The first-order valence-electron chi connectivity index (χ1n) is 5.66. The van der Waals surface area contributed by atoms with Gasteiger partial charge in [-0.25, -0.2) is 19.2 Å². The number of hydrogen-bond acceptors (Lipinski definition) is 4. The molecule has 2 aromatic rings. The van der Waals surface area contributed by atoms with Crippen LogP contribution < -0.4 is 17.0 Å². The quantitative estimate of drug-likeness (QED) is 0.583. The van der Waals surface area contributed by atoms with Gasteiger partial charge < -0.3 is 5.73 Å². The van der Waals surface area contributed by atoms with Crippen molar-refractivity contribution in [3.8, 4) is 0 Å². The monoisotopic (exact) mass is 264 g/mol. The Morgan fingerprint density at radius 3 is 2.53 bits per heavy atom. The molecular weight excluding hydrogens is 250 g/mol. The van der Waals surface area contributed by atoms with Crippen molar-refractivity contribution in [2.24, 2.45) is 5.84 Å². The summed E-state index contributed by atoms with van der Waals surface area (Å²) in [5.74, 6) is 3.97. The molecule has 0 fully saturated rings. The molecule has 2 rings (SSSR count). The van der Waals surface area contributed by atoms with Crippen LogP contribution in [0, 0.1) is 18.6 Å². The first-order chi connectivity index (χ1) is 9.04. The SMILES string of the molecule is Cc1ccnc(N)c1C(NN)c1ccc(F)c(F)c1. The van der Waals surface area contributed by atoms with Gasteiger partial charge >= 0.3 is 0 Å². The van der Waals surface area contributed by atoms with Crippen LogP contribution in [0.2, 0.25) is 0 Å². The van der Waals surface area contributed by atoms with E-state index in [0.717, 1.165) is 17.7 Å². The minimum atomic E-state index is -0.933. The fourth-order valence-electron chi connectivity index (χ4n) is 2.00. The lowest BCUT2D eigenvalue weighted by Crippen LogP contribution is -2.30. The number of aromatic nitrogens is 1. The molecule has 0 aliphatic heterocycles. The molecule has 1 atom stereocenters. The number of nitrogens with one attached hydrogen (secondary N) is 1. The minimum absolute atomic E-state index is 0.299. The Kier molecular flexibility index (Phi) is 3.73. The summed E-state index contributed by atoms with van der Waals surface area (Å²) in [7, 11) is 0. The number of nitrogen functional groups attached to an aromatic ring is 1. The Bertz CT molecular complexity index is 581. The number of aryl methyl sites for hydroxylation is 1. The first kappa shape index (κ1) is 13.4. The molecule has 0 saturated carbocycles. The molecule has 0 amide bonds. The van der Waals surface area contributed by atoms with Gasteiger partial charge in [-0.3, -0.25) is 5.84 Å². The minimum Gasteiger partial charge on any atom is -0.383 e. The molecular formula is C13H14F2N4. The topological polar surface area (TPSA) is 77.0 Å². The van der Waals surface area contributed by atoms with Crippen molar-refractivity contribution in [2.75, 3.05) is 5.73 Å². The van der Waals surface area contributed by atoms with Crippen molar-refractivity contribution >= 4 is 5.82 Å². The molecule has 0 aliphatic rings. The van der Waals surface area contributed by atoms with Gasteiger partial charge in [0.15, 0.2) is 11.6 Å². The molecule has 0 saturated heterocycles. The largest absolute Gasteiger partial charge is 0.383 e. The summed E-state index contributed by atoms with van der Waals surface area (Å²) in [6, 6.07) is 4.82. The predicted molar refractivity (Wildman–Crippen MR) is 68.9 cm³/mol. The number of anilines is 1. The highest BCUT2D eigenvalue weighted by atomic mass is 19.2. The third-order valence-electron chi connectivity index (χ3n) is 2.97. The summed E-state index contributed by atoms with van der Waals surface area (Å²) in [6.07, 6.45) is 1.58. The Hall–Kier alpha value is -2.05. The molecule has 1 aromatic heterocycles. The van der Waals surface area contributed by atoms with E-state index in [1.807, 2.05) is 6.92 Å². The average molecular weight is 264 g/mol. The van der Waals surface area contributed by atoms with E-state index in [-0.39, 0.29) is 0 Å². The van der Waals surface area contributed by atoms with E-state index in [1.54, 1.807) is 12.3 Å². The van der Waals surface area contributed by atoms with Gasteiger partial charge in [-0.2, -0.15) is 0 Å². The number of nitrogens with two attached hydrogens (primary N) is 2. The predicted octanol–water partition coefficient (Wildman–Crippen LogP) is 1.80. The zero-order chi connectivity index (χ0) is 14.0. The van der Waals surface area contributed by atoms with Gasteiger partial charge in [-0.05, 0) is 36.2 Å². The number of pyridine rings is 1. The molecule has 0 aliphatic carbocycles. The molecule has 0 bridgehead atoms. The zero-order valence-electron chi connectivity index (χ0n) is 10.3. The van der Waals surface area contributed by atoms with Gasteiger partial charge in [-0.15, -0.1) is 0 Å². The van der Waals surface area contributed by atoms with Crippen LogP contribution in [-0.2, 0) is 0 Å². The van der Waals surface area contributed by atoms with Crippen LogP contribution in [0.5, 0.6) is 0 Å². The molecule has 100 valence electrons. The molecule has 0 spiro atoms. The van der Waals surface area contributed by atoms with Gasteiger partial charge in [0.25, 0.3) is 0 Å². The summed E-state index contributed by atoms with van der Waals surface area (Å²) < 4.78 is 26.3. The summed E-state index contributed by atoms with van der Waals surface area (Å²) in [5, 5.41) is 0. The molecule has 4 nitrogen and oxygen atoms in total. The van der Waals surface area contributed by atoms with E-state index in [0.29, 0.717) is 16.9 Å². The van der Waals surface area contributed by atoms with Crippen molar-refractivity contribution in [2.45, 2.75) is 13.0 Å². The number of halogens is 2. The van der Waals surface area contributed by atoms with Crippen LogP contribution in [0.15, 0.2) is 30.5 Å². The van der Waals surface area contributed by atoms with Gasteiger partial charge in [0, 0.05) is 11.8 Å². The fourth-order valence-corrected chi connectivity index (χ4v) is 2.00. The van der Waals surface area contributed by atoms with Crippen LogP contribution in [0.4, 0.5) is 14.6 Å². The maximum atomic E-state index is 13.3. The molecule has 19 heavy (non-hydrogen) atoms. The van der Waals surface area contributed by atoms with Crippen molar-refractivity contribution in [3.63, 3.8) is 0 Å². The molecule has 1 unspecified atom stereocenters. The zero-order valence-corrected chi connectivity index (χ0v) is 10.3. The molecule has 5 N–H and O–H groups in total. The lowest BCUT2D eigenvalue weighted by atomic mass is 9.96. The van der Waals surface area contributed by atoms with Crippen LogP contribution in [0.25, 0.3) is 0 Å². The average Bonchev–Trinajstić information content (AvgIpc) is 2.37. The normalized spacial score (nSPS) is 12.4. The molecule has 1 aromatic carbocycles. The summed E-state index contributed by atoms with van der Waals surface area (Å²) in [4.78, 5) is 3.99. The Morgan fingerprint density at radius 2 is 1.95 bits per heavy atom. The van der Waals surface area contributed by atoms with Crippen molar-refractivity contribution in [1.82, 2.24) is 10.4 Å². The highest BCUT2D eigenvalue weighted by Crippen LogP contribution is 2.28. The standard InChI is InChI=1S/C13H14F2N4/c1-7-4-5-18-13(16)11(7)12(19-17)8-2-3-9(14)10(15)6-8/h2-6,12,19H,17H2,1H3,(H2,16,18). The molecule has 6 heteroatoms. The van der Waals surface area contributed by atoms with E-state index in [9.17, 15) is 8.78 Å². The third kappa shape index (κ3) is 2.54. The van der Waals surface area contributed by atoms with Gasteiger partial charge in [0.05, 0.1) is 6.04 Å². The Labute approximate surface area is 109 Å². The maximum Gasteiger partial charge on any atom is 0.159 e. The van der Waals surface area contributed by atoms with Crippen molar-refractivity contribution in [1.29, 1.82) is 0 Å². The lowest BCUT2D eigenvalue weighted by Gasteiger charge is -2.20. The smallest absolute Gasteiger partial charge is 0.159 e. The summed E-state index contributed by atoms with van der Waals surface area (Å²) >= 11 is 0. The van der Waals surface area contributed by atoms with Gasteiger partial charge in [-0.1, -0.05) is 6.07 Å². The number of hydrazine groups is 1. The molecule has 1 heterocycles. The van der Waals surface area contributed by atoms with Gasteiger partial charge in [0.2, 0.25) is 0 Å². The van der Waals surface area contributed by atoms with E-state index in [1.165, 1.54) is 6.07 Å². The van der Waals surface area contributed by atoms with Gasteiger partial charge in [0.1, 0.15) is 5.82 Å². The van der Waals surface area contributed by atoms with E-state index in [2.05, 4.69) is 10.4 Å². The van der Waals surface area contributed by atoms with E-state index in [4.69, 9.17) is 11.6 Å². The van der Waals surface area contributed by atoms with Crippen LogP contribution in [0.3, 0.4) is 0 Å². The summed E-state index contributed by atoms with van der Waals surface area (Å²) in [6.45, 7) is 1.84. The third-order valence-corrected chi connectivity index (χ3v) is 2.97. The second-order valence-corrected chi connectivity index (χ2v) is 4.20. The number of benzene rings is 1. The van der Waals surface area contributed by atoms with Crippen LogP contribution in [-0.4, -0.2) is 4.98 Å². The number of nitrogens with zero attached hydrogens (tertiary/aromatic N) is 1. The summed E-state index contributed by atoms with van der Waals surface area (Å²) in [5.41, 5.74) is 10.4. The van der Waals surface area contributed by atoms with Crippen LogP contribution in [0.1, 0.15) is 22.7 Å². The van der Waals surface area contributed by atoms with Crippen LogP contribution >= 0.6 is 0 Å². The number of rotatable bonds is 3. The number of hydrogen-bond donors (Lipinski definition) is 3. The van der Waals surface area contributed by atoms with Crippen molar-refractivity contribution < 1.29 is 8.78 Å². The Morgan fingerprint density at radius 1 is 1.21 bits per heavy atom. The maximum absolute atomic E-state index is 13.3. The van der Waals surface area contributed by atoms with E-state index >= 15 is 0 Å². The molecule has 0 radical (unpaired) electrons. The van der Waals surface area contributed by atoms with E-state index < -0.39 is 17.7 Å². The van der Waals surface area contributed by atoms with Crippen molar-refractivity contribution in [3.05, 3.63) is 58.8 Å². The highest BCUT2D eigenvalue weighted by Gasteiger charge is 2.19. The Balaban J connectivity index is 2.53. The first-order valence-corrected chi connectivity index (χ1v) is 5.66. The fraction of sp³-hybridized carbons (Fsp3) is 0.154. The highest BCUT2D eigenvalue weighted by molar-refractivity contribution is 5.49. The lowest BCUT2D eigenvalue weighted by molar-refractivity contribution is 0.504. The second-order valence-electron chi connectivity index (χ2n) is 4.20.